The molecule has 17 heavy (non-hydrogen) atoms. The molecule has 2 rings (SSSR count). The van der Waals surface area contributed by atoms with E-state index in [0.717, 1.165) is 12.1 Å². The highest BCUT2D eigenvalue weighted by Crippen LogP contribution is 2.28. The average molecular weight is 233 g/mol. The van der Waals surface area contributed by atoms with Crippen molar-refractivity contribution in [3.63, 3.8) is 0 Å². The Bertz CT molecular complexity index is 467. The van der Waals surface area contributed by atoms with Crippen LogP contribution in [0, 0.1) is 5.82 Å². The summed E-state index contributed by atoms with van der Waals surface area (Å²) in [6.07, 6.45) is 3.00. The van der Waals surface area contributed by atoms with Gasteiger partial charge in [0.2, 0.25) is 0 Å². The summed E-state index contributed by atoms with van der Waals surface area (Å²) in [5, 5.41) is 0. The van der Waals surface area contributed by atoms with Gasteiger partial charge in [0.05, 0.1) is 6.04 Å². The Balaban J connectivity index is 2.21. The maximum absolute atomic E-state index is 13.7. The van der Waals surface area contributed by atoms with Gasteiger partial charge in [-0.15, -0.1) is 0 Å². The van der Waals surface area contributed by atoms with E-state index in [2.05, 4.69) is 0 Å². The molecule has 2 nitrogen and oxygen atoms in total. The summed E-state index contributed by atoms with van der Waals surface area (Å²) in [4.78, 5) is 13.2. The van der Waals surface area contributed by atoms with E-state index in [1.165, 1.54) is 6.07 Å². The van der Waals surface area contributed by atoms with E-state index in [1.807, 2.05) is 24.9 Å². The van der Waals surface area contributed by atoms with Gasteiger partial charge in [0.15, 0.2) is 5.78 Å². The van der Waals surface area contributed by atoms with E-state index < -0.39 is 0 Å². The van der Waals surface area contributed by atoms with Crippen molar-refractivity contribution < 1.29 is 9.18 Å². The molecule has 0 heterocycles. The van der Waals surface area contributed by atoms with Crippen LogP contribution in [-0.2, 0) is 4.79 Å². The van der Waals surface area contributed by atoms with Crippen LogP contribution in [0.2, 0.25) is 0 Å². The zero-order valence-electron chi connectivity index (χ0n) is 10.1. The molecule has 0 aromatic heterocycles. The smallest absolute Gasteiger partial charge is 0.157 e. The molecule has 1 aliphatic rings. The summed E-state index contributed by atoms with van der Waals surface area (Å²) in [5.74, 6) is -0.0376. The lowest BCUT2D eigenvalue weighted by Crippen LogP contribution is -2.21. The summed E-state index contributed by atoms with van der Waals surface area (Å²) in [5.41, 5.74) is 1.65. The number of hydrogen-bond acceptors (Lipinski definition) is 2. The summed E-state index contributed by atoms with van der Waals surface area (Å²) in [7, 11) is 1.90. The van der Waals surface area contributed by atoms with E-state index >= 15 is 0 Å². The molecule has 1 aliphatic carbocycles. The number of rotatable bonds is 3. The van der Waals surface area contributed by atoms with Gasteiger partial charge in [-0.1, -0.05) is 18.2 Å². The average Bonchev–Trinajstić information content (AvgIpc) is 2.75. The van der Waals surface area contributed by atoms with Crippen LogP contribution in [0.15, 0.2) is 36.0 Å². The number of allylic oxidation sites excluding steroid dienone is 2. The molecule has 3 heteroatoms. The van der Waals surface area contributed by atoms with Crippen LogP contribution in [0.25, 0.3) is 0 Å². The molecular weight excluding hydrogens is 217 g/mol. The third-order valence-electron chi connectivity index (χ3n) is 3.34. The van der Waals surface area contributed by atoms with Crippen LogP contribution >= 0.6 is 0 Å². The standard InChI is InChI=1S/C14H16FNO/c1-10(13-5-3-4-6-14(13)15)16(2)11-7-8-12(17)9-11/h3-6,9-10H,7-8H2,1-2H3. The molecule has 0 saturated heterocycles. The van der Waals surface area contributed by atoms with Crippen LogP contribution in [0.4, 0.5) is 4.39 Å². The molecule has 1 unspecified atom stereocenters. The molecule has 0 spiro atoms. The van der Waals surface area contributed by atoms with Gasteiger partial charge in [-0.3, -0.25) is 4.79 Å². The second-order valence-corrected chi connectivity index (χ2v) is 4.41. The molecule has 1 aromatic rings. The predicted molar refractivity (Wildman–Crippen MR) is 64.9 cm³/mol. The molecule has 0 saturated carbocycles. The monoisotopic (exact) mass is 233 g/mol. The van der Waals surface area contributed by atoms with Crippen molar-refractivity contribution >= 4 is 5.78 Å². The van der Waals surface area contributed by atoms with Gasteiger partial charge in [0, 0.05) is 30.8 Å². The van der Waals surface area contributed by atoms with Gasteiger partial charge in [0.1, 0.15) is 5.82 Å². The second kappa shape index (κ2) is 4.70. The Morgan fingerprint density at radius 2 is 2.00 bits per heavy atom. The second-order valence-electron chi connectivity index (χ2n) is 4.41. The first-order chi connectivity index (χ1) is 8.09. The maximum atomic E-state index is 13.7. The minimum absolute atomic E-state index is 0.0617. The summed E-state index contributed by atoms with van der Waals surface area (Å²) < 4.78 is 13.7. The Labute approximate surface area is 101 Å². The van der Waals surface area contributed by atoms with Gasteiger partial charge < -0.3 is 4.90 Å². The summed E-state index contributed by atoms with van der Waals surface area (Å²) >= 11 is 0. The Hall–Kier alpha value is -1.64. The highest BCUT2D eigenvalue weighted by atomic mass is 19.1. The van der Waals surface area contributed by atoms with Crippen molar-refractivity contribution in [3.05, 3.63) is 47.4 Å². The van der Waals surface area contributed by atoms with E-state index in [9.17, 15) is 9.18 Å². The number of hydrogen-bond donors (Lipinski definition) is 0. The molecule has 0 bridgehead atoms. The number of benzene rings is 1. The number of ketones is 1. The molecular formula is C14H16FNO. The first-order valence-electron chi connectivity index (χ1n) is 5.80. The third-order valence-corrected chi connectivity index (χ3v) is 3.34. The first-order valence-corrected chi connectivity index (χ1v) is 5.80. The van der Waals surface area contributed by atoms with Crippen LogP contribution < -0.4 is 0 Å². The van der Waals surface area contributed by atoms with Crippen molar-refractivity contribution in [1.82, 2.24) is 4.90 Å². The topological polar surface area (TPSA) is 20.3 Å². The Morgan fingerprint density at radius 3 is 2.59 bits per heavy atom. The van der Waals surface area contributed by atoms with Crippen molar-refractivity contribution in [3.8, 4) is 0 Å². The van der Waals surface area contributed by atoms with Crippen LogP contribution in [-0.4, -0.2) is 17.7 Å². The normalized spacial score (nSPS) is 16.9. The first kappa shape index (κ1) is 11.8. The maximum Gasteiger partial charge on any atom is 0.157 e. The van der Waals surface area contributed by atoms with Crippen molar-refractivity contribution in [2.45, 2.75) is 25.8 Å². The number of nitrogens with zero attached hydrogens (tertiary/aromatic N) is 1. The molecule has 0 radical (unpaired) electrons. The highest BCUT2D eigenvalue weighted by molar-refractivity contribution is 5.92. The lowest BCUT2D eigenvalue weighted by atomic mass is 10.1. The largest absolute Gasteiger partial charge is 0.371 e. The molecule has 0 N–H and O–H groups in total. The lowest BCUT2D eigenvalue weighted by molar-refractivity contribution is -0.114. The van der Waals surface area contributed by atoms with Gasteiger partial charge >= 0.3 is 0 Å². The van der Waals surface area contributed by atoms with Gasteiger partial charge in [-0.25, -0.2) is 4.39 Å². The highest BCUT2D eigenvalue weighted by Gasteiger charge is 2.21. The molecule has 0 aliphatic heterocycles. The Kier molecular flexibility index (Phi) is 3.27. The summed E-state index contributed by atoms with van der Waals surface area (Å²) in [6.45, 7) is 1.95. The third kappa shape index (κ3) is 2.38. The minimum atomic E-state index is -0.197. The zero-order chi connectivity index (χ0) is 12.4. The fourth-order valence-electron chi connectivity index (χ4n) is 2.13. The van der Waals surface area contributed by atoms with E-state index in [0.29, 0.717) is 12.0 Å². The van der Waals surface area contributed by atoms with E-state index in [-0.39, 0.29) is 17.6 Å². The van der Waals surface area contributed by atoms with Crippen molar-refractivity contribution in [1.29, 1.82) is 0 Å². The Morgan fingerprint density at radius 1 is 1.29 bits per heavy atom. The molecule has 90 valence electrons. The van der Waals surface area contributed by atoms with Crippen LogP contribution in [0.5, 0.6) is 0 Å². The fraction of sp³-hybridized carbons (Fsp3) is 0.357. The van der Waals surface area contributed by atoms with Gasteiger partial charge in [0.25, 0.3) is 0 Å². The zero-order valence-corrected chi connectivity index (χ0v) is 10.1. The van der Waals surface area contributed by atoms with Crippen molar-refractivity contribution in [2.24, 2.45) is 0 Å². The summed E-state index contributed by atoms with van der Waals surface area (Å²) in [6, 6.07) is 6.70. The predicted octanol–water partition coefficient (Wildman–Crippen LogP) is 3.07. The lowest BCUT2D eigenvalue weighted by Gasteiger charge is -2.28. The van der Waals surface area contributed by atoms with Crippen molar-refractivity contribution in [2.75, 3.05) is 7.05 Å². The van der Waals surface area contributed by atoms with Gasteiger partial charge in [-0.2, -0.15) is 0 Å². The minimum Gasteiger partial charge on any atom is -0.371 e. The van der Waals surface area contributed by atoms with Crippen LogP contribution in [0.3, 0.4) is 0 Å². The van der Waals surface area contributed by atoms with E-state index in [1.54, 1.807) is 18.2 Å². The fourth-order valence-corrected chi connectivity index (χ4v) is 2.13. The van der Waals surface area contributed by atoms with Crippen LogP contribution in [0.1, 0.15) is 31.4 Å². The van der Waals surface area contributed by atoms with E-state index in [4.69, 9.17) is 0 Å². The molecule has 0 fully saturated rings. The SMILES string of the molecule is CC(c1ccccc1F)N(C)C1=CC(=O)CC1. The number of carbonyl (C=O) groups is 1. The van der Waals surface area contributed by atoms with Gasteiger partial charge in [-0.05, 0) is 19.4 Å². The molecule has 1 atom stereocenters. The number of halogens is 1. The number of carbonyl (C=O) groups excluding carboxylic acids is 1. The quantitative estimate of drug-likeness (QED) is 0.799. The molecule has 0 amide bonds. The molecule has 1 aromatic carbocycles.